The largest absolute Gasteiger partial charge is 0.366 e. The molecule has 2 aliphatic rings. The molecule has 20 heavy (non-hydrogen) atoms. The number of rotatable bonds is 2. The zero-order chi connectivity index (χ0) is 14.1. The highest BCUT2D eigenvalue weighted by molar-refractivity contribution is 9.10. The summed E-state index contributed by atoms with van der Waals surface area (Å²) in [6, 6.07) is 8.27. The van der Waals surface area contributed by atoms with Gasteiger partial charge in [-0.3, -0.25) is 4.90 Å². The van der Waals surface area contributed by atoms with Crippen molar-refractivity contribution in [1.29, 1.82) is 0 Å². The van der Waals surface area contributed by atoms with Gasteiger partial charge in [0.25, 0.3) is 0 Å². The maximum absolute atomic E-state index is 3.69. The van der Waals surface area contributed by atoms with Crippen LogP contribution < -0.4 is 4.90 Å². The highest BCUT2D eigenvalue weighted by atomic mass is 79.9. The lowest BCUT2D eigenvalue weighted by Crippen LogP contribution is -2.59. The first-order valence-electron chi connectivity index (χ1n) is 7.96. The first-order valence-corrected chi connectivity index (χ1v) is 8.75. The maximum atomic E-state index is 3.69. The minimum Gasteiger partial charge on any atom is -0.366 e. The van der Waals surface area contributed by atoms with E-state index in [2.05, 4.69) is 57.8 Å². The van der Waals surface area contributed by atoms with E-state index in [4.69, 9.17) is 0 Å². The third-order valence-corrected chi connectivity index (χ3v) is 5.86. The van der Waals surface area contributed by atoms with Crippen LogP contribution in [0.25, 0.3) is 0 Å². The van der Waals surface area contributed by atoms with Crippen LogP contribution in [0.4, 0.5) is 5.69 Å². The molecule has 1 aromatic carbocycles. The summed E-state index contributed by atoms with van der Waals surface area (Å²) in [5, 5.41) is 0. The quantitative estimate of drug-likeness (QED) is 0.798. The van der Waals surface area contributed by atoms with Gasteiger partial charge < -0.3 is 4.90 Å². The van der Waals surface area contributed by atoms with Crippen molar-refractivity contribution in [3.63, 3.8) is 0 Å². The van der Waals surface area contributed by atoms with Crippen molar-refractivity contribution in [3.8, 4) is 0 Å². The summed E-state index contributed by atoms with van der Waals surface area (Å²) in [5.41, 5.74) is 2.71. The van der Waals surface area contributed by atoms with Crippen LogP contribution in [0.2, 0.25) is 0 Å². The first kappa shape index (κ1) is 14.4. The van der Waals surface area contributed by atoms with Crippen molar-refractivity contribution < 1.29 is 0 Å². The van der Waals surface area contributed by atoms with E-state index >= 15 is 0 Å². The van der Waals surface area contributed by atoms with E-state index in [0.717, 1.165) is 6.04 Å². The van der Waals surface area contributed by atoms with E-state index in [9.17, 15) is 0 Å². The van der Waals surface area contributed by atoms with E-state index in [1.807, 2.05) is 0 Å². The molecule has 2 atom stereocenters. The molecule has 0 bridgehead atoms. The second-order valence-electron chi connectivity index (χ2n) is 6.29. The molecule has 2 unspecified atom stereocenters. The van der Waals surface area contributed by atoms with Gasteiger partial charge in [-0.2, -0.15) is 0 Å². The molecule has 2 heterocycles. The van der Waals surface area contributed by atoms with Crippen molar-refractivity contribution in [3.05, 3.63) is 28.2 Å². The Labute approximate surface area is 131 Å². The van der Waals surface area contributed by atoms with Crippen LogP contribution >= 0.6 is 15.9 Å². The maximum Gasteiger partial charge on any atom is 0.0415 e. The van der Waals surface area contributed by atoms with Gasteiger partial charge in [0.2, 0.25) is 0 Å². The molecule has 2 nitrogen and oxygen atoms in total. The van der Waals surface area contributed by atoms with E-state index in [1.165, 1.54) is 61.0 Å². The van der Waals surface area contributed by atoms with Crippen LogP contribution in [0.5, 0.6) is 0 Å². The molecule has 2 saturated heterocycles. The molecule has 0 radical (unpaired) electrons. The van der Waals surface area contributed by atoms with Crippen LogP contribution in [-0.4, -0.2) is 36.6 Å². The van der Waals surface area contributed by atoms with E-state index < -0.39 is 0 Å². The van der Waals surface area contributed by atoms with E-state index in [-0.39, 0.29) is 0 Å². The number of aryl methyl sites for hydroxylation is 1. The predicted octanol–water partition coefficient (Wildman–Crippen LogP) is 4.21. The zero-order valence-corrected chi connectivity index (χ0v) is 14.2. The molecule has 1 aromatic rings. The molecule has 0 spiro atoms. The van der Waals surface area contributed by atoms with Gasteiger partial charge in [-0.05, 0) is 50.4 Å². The Bertz CT molecular complexity index is 474. The smallest absolute Gasteiger partial charge is 0.0415 e. The fourth-order valence-corrected chi connectivity index (χ4v) is 4.05. The van der Waals surface area contributed by atoms with Crippen LogP contribution in [-0.2, 0) is 0 Å². The summed E-state index contributed by atoms with van der Waals surface area (Å²) in [7, 11) is 0. The number of fused-ring (bicyclic) bond motifs is 1. The van der Waals surface area contributed by atoms with E-state index in [0.29, 0.717) is 6.04 Å². The SMILES string of the molecule is CCC1CN2CCCCC2CN1c1ccc(C)c(Br)c1. The summed E-state index contributed by atoms with van der Waals surface area (Å²) >= 11 is 3.69. The number of hydrogen-bond donors (Lipinski definition) is 0. The van der Waals surface area contributed by atoms with Gasteiger partial charge in [0.1, 0.15) is 0 Å². The van der Waals surface area contributed by atoms with E-state index in [1.54, 1.807) is 0 Å². The molecule has 110 valence electrons. The summed E-state index contributed by atoms with van der Waals surface area (Å²) in [6.07, 6.45) is 5.40. The van der Waals surface area contributed by atoms with Crippen LogP contribution in [0, 0.1) is 6.92 Å². The van der Waals surface area contributed by atoms with Gasteiger partial charge in [-0.1, -0.05) is 35.3 Å². The monoisotopic (exact) mass is 336 g/mol. The van der Waals surface area contributed by atoms with Gasteiger partial charge in [0.15, 0.2) is 0 Å². The average Bonchev–Trinajstić information content (AvgIpc) is 2.48. The summed E-state index contributed by atoms with van der Waals surface area (Å²) in [4.78, 5) is 5.38. The molecule has 2 aliphatic heterocycles. The van der Waals surface area contributed by atoms with Crippen LogP contribution in [0.3, 0.4) is 0 Å². The van der Waals surface area contributed by atoms with Crippen molar-refractivity contribution >= 4 is 21.6 Å². The fourth-order valence-electron chi connectivity index (χ4n) is 3.68. The zero-order valence-electron chi connectivity index (χ0n) is 12.6. The Kier molecular flexibility index (Phi) is 4.37. The second kappa shape index (κ2) is 6.07. The Morgan fingerprint density at radius 1 is 1.25 bits per heavy atom. The predicted molar refractivity (Wildman–Crippen MR) is 89.5 cm³/mol. The fraction of sp³-hybridized carbons (Fsp3) is 0.647. The number of hydrogen-bond acceptors (Lipinski definition) is 2. The lowest BCUT2D eigenvalue weighted by Gasteiger charge is -2.49. The standard InChI is InChI=1S/C17H25BrN2/c1-3-14-11-19-9-5-4-6-16(19)12-20(14)15-8-7-13(2)17(18)10-15/h7-8,10,14,16H,3-6,9,11-12H2,1-2H3. The molecule has 0 N–H and O–H groups in total. The van der Waals surface area contributed by atoms with Crippen molar-refractivity contribution in [2.75, 3.05) is 24.5 Å². The molecule has 2 fully saturated rings. The van der Waals surface area contributed by atoms with Crippen molar-refractivity contribution in [2.45, 2.75) is 51.6 Å². The van der Waals surface area contributed by atoms with Gasteiger partial charge in [0.05, 0.1) is 0 Å². The van der Waals surface area contributed by atoms with Gasteiger partial charge >= 0.3 is 0 Å². The lowest BCUT2D eigenvalue weighted by atomic mass is 9.95. The third-order valence-electron chi connectivity index (χ3n) is 5.00. The average molecular weight is 337 g/mol. The highest BCUT2D eigenvalue weighted by Gasteiger charge is 2.34. The van der Waals surface area contributed by atoms with Gasteiger partial charge in [0, 0.05) is 35.3 Å². The Balaban J connectivity index is 1.84. The number of piperazine rings is 1. The minimum atomic E-state index is 0.666. The van der Waals surface area contributed by atoms with Crippen LogP contribution in [0.15, 0.2) is 22.7 Å². The van der Waals surface area contributed by atoms with Gasteiger partial charge in [-0.15, -0.1) is 0 Å². The Hall–Kier alpha value is -0.540. The molecular weight excluding hydrogens is 312 g/mol. The molecule has 3 heteroatoms. The highest BCUT2D eigenvalue weighted by Crippen LogP contribution is 2.31. The first-order chi connectivity index (χ1) is 9.69. The molecule has 0 amide bonds. The van der Waals surface area contributed by atoms with Gasteiger partial charge in [-0.25, -0.2) is 0 Å². The second-order valence-corrected chi connectivity index (χ2v) is 7.15. The summed E-state index contributed by atoms with van der Waals surface area (Å²) in [6.45, 7) is 8.24. The number of anilines is 1. The van der Waals surface area contributed by atoms with Crippen molar-refractivity contribution in [1.82, 2.24) is 4.90 Å². The molecule has 0 aliphatic carbocycles. The molecular formula is C17H25BrN2. The molecule has 0 saturated carbocycles. The Morgan fingerprint density at radius 3 is 2.85 bits per heavy atom. The summed E-state index contributed by atoms with van der Waals surface area (Å²) < 4.78 is 1.23. The number of benzene rings is 1. The molecule has 0 aromatic heterocycles. The molecule has 3 rings (SSSR count). The number of piperidine rings is 1. The number of halogens is 1. The third kappa shape index (κ3) is 2.75. The van der Waals surface area contributed by atoms with Crippen molar-refractivity contribution in [2.24, 2.45) is 0 Å². The number of nitrogens with zero attached hydrogens (tertiary/aromatic N) is 2. The normalized spacial score (nSPS) is 27.4. The minimum absolute atomic E-state index is 0.666. The lowest BCUT2D eigenvalue weighted by molar-refractivity contribution is 0.111. The summed E-state index contributed by atoms with van der Waals surface area (Å²) in [5.74, 6) is 0. The Morgan fingerprint density at radius 2 is 2.10 bits per heavy atom. The van der Waals surface area contributed by atoms with Crippen LogP contribution in [0.1, 0.15) is 38.2 Å². The topological polar surface area (TPSA) is 6.48 Å².